The van der Waals surface area contributed by atoms with Crippen LogP contribution in [0, 0.1) is 0 Å². The summed E-state index contributed by atoms with van der Waals surface area (Å²) in [5.41, 5.74) is -5.75. The molecule has 1 rings (SSSR count). The molecule has 2 amide bonds. The lowest BCUT2D eigenvalue weighted by Crippen LogP contribution is -2.69. The minimum Gasteiger partial charge on any atom is -0.316 e. The maximum atomic E-state index is 12.8. The highest BCUT2D eigenvalue weighted by atomic mass is 32.1. The summed E-state index contributed by atoms with van der Waals surface area (Å²) in [5.74, 6) is 0. The number of hydrogen-bond acceptors (Lipinski definition) is 4. The van der Waals surface area contributed by atoms with E-state index in [2.05, 4.69) is 10.2 Å². The average Bonchev–Trinajstić information content (AvgIpc) is 2.81. The SMILES string of the molecule is O=C(Nc1nnc(C(F)(F)F)s1)NC(CC(F)(F)F)(C(F)(F)F)C(F)(F)F. The number of carbonyl (C=O) groups excluding carboxylic acids is 1. The van der Waals surface area contributed by atoms with E-state index in [1.165, 1.54) is 0 Å². The average molecular weight is 444 g/mol. The molecule has 0 saturated heterocycles. The van der Waals surface area contributed by atoms with E-state index in [1.807, 2.05) is 0 Å². The van der Waals surface area contributed by atoms with Gasteiger partial charge in [0.25, 0.3) is 0 Å². The molecule has 0 aliphatic carbocycles. The van der Waals surface area contributed by atoms with E-state index < -0.39 is 64.2 Å². The van der Waals surface area contributed by atoms with Crippen molar-refractivity contribution in [2.24, 2.45) is 0 Å². The highest BCUT2D eigenvalue weighted by Gasteiger charge is 2.74. The first kappa shape index (κ1) is 23.0. The summed E-state index contributed by atoms with van der Waals surface area (Å²) in [4.78, 5) is 11.3. The maximum absolute atomic E-state index is 12.8. The Bertz CT molecular complexity index is 658. The number of urea groups is 1. The van der Waals surface area contributed by atoms with Gasteiger partial charge in [0, 0.05) is 0 Å². The van der Waals surface area contributed by atoms with Crippen LogP contribution in [0.1, 0.15) is 11.4 Å². The zero-order chi connectivity index (χ0) is 21.5. The summed E-state index contributed by atoms with van der Waals surface area (Å²) < 4.78 is 151. The third kappa shape index (κ3) is 5.48. The first-order valence-corrected chi connectivity index (χ1v) is 6.80. The van der Waals surface area contributed by atoms with Crippen molar-refractivity contribution in [1.82, 2.24) is 15.5 Å². The van der Waals surface area contributed by atoms with Crippen LogP contribution in [0.15, 0.2) is 0 Å². The van der Waals surface area contributed by atoms with Crippen molar-refractivity contribution in [3.05, 3.63) is 5.01 Å². The molecular weight excluding hydrogens is 440 g/mol. The van der Waals surface area contributed by atoms with Crippen LogP contribution < -0.4 is 10.6 Å². The molecule has 156 valence electrons. The topological polar surface area (TPSA) is 66.9 Å². The molecule has 0 aliphatic rings. The van der Waals surface area contributed by atoms with Gasteiger partial charge in [0.15, 0.2) is 0 Å². The normalized spacial score (nSPS) is 14.2. The molecule has 27 heavy (non-hydrogen) atoms. The molecule has 0 aromatic carbocycles. The highest BCUT2D eigenvalue weighted by molar-refractivity contribution is 7.15. The molecule has 0 radical (unpaired) electrons. The first-order valence-electron chi connectivity index (χ1n) is 5.98. The predicted molar refractivity (Wildman–Crippen MR) is 62.6 cm³/mol. The molecule has 0 unspecified atom stereocenters. The number of aromatic nitrogens is 2. The Hall–Kier alpha value is -2.01. The van der Waals surface area contributed by atoms with Crippen molar-refractivity contribution in [2.75, 3.05) is 5.32 Å². The zero-order valence-electron chi connectivity index (χ0n) is 12.0. The predicted octanol–water partition coefficient (Wildman–Crippen LogP) is 4.49. The largest absolute Gasteiger partial charge is 0.445 e. The van der Waals surface area contributed by atoms with Gasteiger partial charge in [-0.1, -0.05) is 11.3 Å². The molecule has 0 bridgehead atoms. The van der Waals surface area contributed by atoms with Crippen molar-refractivity contribution in [3.63, 3.8) is 0 Å². The smallest absolute Gasteiger partial charge is 0.316 e. The number of carbonyl (C=O) groups is 1. The minimum absolute atomic E-state index is 0.101. The fourth-order valence-electron chi connectivity index (χ4n) is 1.56. The number of hydrogen-bond donors (Lipinski definition) is 2. The van der Waals surface area contributed by atoms with Gasteiger partial charge in [0.1, 0.15) is 0 Å². The van der Waals surface area contributed by atoms with Gasteiger partial charge in [-0.25, -0.2) is 4.79 Å². The standard InChI is InChI=1S/C9H4F12N4OS/c10-6(11,12)1-5(8(16,17)18,9(19,20)21)23-3(26)22-4-25-24-2(27-4)7(13,14)15/h1H2,(H2,22,23,25,26). The summed E-state index contributed by atoms with van der Waals surface area (Å²) in [6.07, 6.45) is -28.0. The Morgan fingerprint density at radius 2 is 1.33 bits per heavy atom. The van der Waals surface area contributed by atoms with Crippen LogP contribution in [0.3, 0.4) is 0 Å². The van der Waals surface area contributed by atoms with Crippen molar-refractivity contribution >= 4 is 22.5 Å². The van der Waals surface area contributed by atoms with E-state index in [1.54, 1.807) is 0 Å². The lowest BCUT2D eigenvalue weighted by Gasteiger charge is -2.38. The number of alkyl halides is 12. The van der Waals surface area contributed by atoms with Gasteiger partial charge in [-0.3, -0.25) is 5.32 Å². The van der Waals surface area contributed by atoms with Gasteiger partial charge in [-0.2, -0.15) is 52.7 Å². The van der Waals surface area contributed by atoms with E-state index in [0.717, 1.165) is 5.32 Å². The Kier molecular flexibility index (Phi) is 5.85. The van der Waals surface area contributed by atoms with Crippen LogP contribution in [-0.4, -0.2) is 40.3 Å². The fraction of sp³-hybridized carbons (Fsp3) is 0.667. The maximum Gasteiger partial charge on any atom is 0.445 e. The Morgan fingerprint density at radius 1 is 0.852 bits per heavy atom. The highest BCUT2D eigenvalue weighted by Crippen LogP contribution is 2.49. The third-order valence-electron chi connectivity index (χ3n) is 2.65. The number of halogens is 12. The monoisotopic (exact) mass is 444 g/mol. The van der Waals surface area contributed by atoms with E-state index in [9.17, 15) is 57.5 Å². The molecule has 2 N–H and O–H groups in total. The van der Waals surface area contributed by atoms with Crippen LogP contribution in [0.25, 0.3) is 0 Å². The Morgan fingerprint density at radius 3 is 1.67 bits per heavy atom. The molecule has 18 heteroatoms. The van der Waals surface area contributed by atoms with Crippen molar-refractivity contribution in [1.29, 1.82) is 0 Å². The molecule has 0 fully saturated rings. The molecule has 0 aliphatic heterocycles. The van der Waals surface area contributed by atoms with Crippen LogP contribution in [0.2, 0.25) is 0 Å². The Balaban J connectivity index is 3.18. The molecule has 0 spiro atoms. The van der Waals surface area contributed by atoms with Crippen molar-refractivity contribution < 1.29 is 57.5 Å². The van der Waals surface area contributed by atoms with Crippen LogP contribution >= 0.6 is 11.3 Å². The lowest BCUT2D eigenvalue weighted by atomic mass is 9.93. The molecule has 1 aromatic rings. The molecule has 0 saturated carbocycles. The van der Waals surface area contributed by atoms with E-state index in [0.29, 0.717) is 0 Å². The van der Waals surface area contributed by atoms with E-state index in [4.69, 9.17) is 0 Å². The third-order valence-corrected chi connectivity index (χ3v) is 3.53. The Labute approximate surface area is 143 Å². The van der Waals surface area contributed by atoms with Gasteiger partial charge in [-0.15, -0.1) is 10.2 Å². The van der Waals surface area contributed by atoms with E-state index in [-0.39, 0.29) is 5.32 Å². The van der Waals surface area contributed by atoms with Crippen LogP contribution in [-0.2, 0) is 6.18 Å². The molecule has 1 heterocycles. The second kappa shape index (κ2) is 6.86. The summed E-state index contributed by atoms with van der Waals surface area (Å²) in [5, 5.41) is 3.34. The molecular formula is C9H4F12N4OS. The number of amides is 2. The number of rotatable bonds is 3. The quantitative estimate of drug-likeness (QED) is 0.676. The minimum atomic E-state index is -6.66. The zero-order valence-corrected chi connectivity index (χ0v) is 12.8. The number of nitrogens with zero attached hydrogens (tertiary/aromatic N) is 2. The summed E-state index contributed by atoms with van der Waals surface area (Å²) in [6.45, 7) is 0. The van der Waals surface area contributed by atoms with Crippen LogP contribution in [0.4, 0.5) is 62.6 Å². The summed E-state index contributed by atoms with van der Waals surface area (Å²) >= 11 is -0.482. The number of anilines is 1. The molecule has 5 nitrogen and oxygen atoms in total. The van der Waals surface area contributed by atoms with Crippen molar-refractivity contribution in [2.45, 2.75) is 36.7 Å². The number of nitrogens with one attached hydrogen (secondary N) is 2. The van der Waals surface area contributed by atoms with Gasteiger partial charge in [-0.05, 0) is 0 Å². The van der Waals surface area contributed by atoms with Gasteiger partial charge < -0.3 is 5.32 Å². The van der Waals surface area contributed by atoms with Crippen molar-refractivity contribution in [3.8, 4) is 0 Å². The van der Waals surface area contributed by atoms with Gasteiger partial charge >= 0.3 is 30.7 Å². The molecule has 0 atom stereocenters. The first-order chi connectivity index (χ1) is 11.8. The molecule has 1 aromatic heterocycles. The fourth-order valence-corrected chi connectivity index (χ4v) is 2.16. The summed E-state index contributed by atoms with van der Waals surface area (Å²) in [7, 11) is 0. The van der Waals surface area contributed by atoms with Gasteiger partial charge in [0.05, 0.1) is 6.42 Å². The summed E-state index contributed by atoms with van der Waals surface area (Å²) in [6, 6.07) is -2.53. The van der Waals surface area contributed by atoms with E-state index >= 15 is 0 Å². The second-order valence-corrected chi connectivity index (χ2v) is 5.66. The lowest BCUT2D eigenvalue weighted by molar-refractivity contribution is -0.326. The van der Waals surface area contributed by atoms with Crippen LogP contribution in [0.5, 0.6) is 0 Å². The second-order valence-electron chi connectivity index (χ2n) is 4.68. The van der Waals surface area contributed by atoms with Gasteiger partial charge in [0.2, 0.25) is 15.7 Å².